The van der Waals surface area contributed by atoms with Gasteiger partial charge in [0.1, 0.15) is 0 Å². The summed E-state index contributed by atoms with van der Waals surface area (Å²) >= 11 is 1.11. The molecule has 0 radical (unpaired) electrons. The van der Waals surface area contributed by atoms with Crippen LogP contribution in [0.4, 0.5) is 0 Å². The van der Waals surface area contributed by atoms with Crippen molar-refractivity contribution in [3.05, 3.63) is 29.3 Å². The van der Waals surface area contributed by atoms with Crippen LogP contribution in [0.5, 0.6) is 5.06 Å². The number of hydrogen-bond acceptors (Lipinski definition) is 4. The van der Waals surface area contributed by atoms with Crippen LogP contribution in [0.3, 0.4) is 0 Å². The molecule has 3 nitrogen and oxygen atoms in total. The van der Waals surface area contributed by atoms with Crippen LogP contribution < -0.4 is 0 Å². The number of carbonyl (C=O) groups excluding carboxylic acids is 1. The van der Waals surface area contributed by atoms with Crippen molar-refractivity contribution in [2.24, 2.45) is 0 Å². The van der Waals surface area contributed by atoms with Gasteiger partial charge >= 0.3 is 0 Å². The fourth-order valence-corrected chi connectivity index (χ4v) is 2.23. The highest BCUT2D eigenvalue weighted by molar-refractivity contribution is 7.21. The van der Waals surface area contributed by atoms with Crippen LogP contribution in [0.1, 0.15) is 15.9 Å². The van der Waals surface area contributed by atoms with Crippen molar-refractivity contribution in [3.8, 4) is 11.1 Å². The van der Waals surface area contributed by atoms with E-state index in [-0.39, 0.29) is 5.06 Å². The van der Waals surface area contributed by atoms with Gasteiger partial charge in [-0.25, -0.2) is 0 Å². The van der Waals surface area contributed by atoms with Gasteiger partial charge in [0, 0.05) is 4.70 Å². The zero-order valence-corrected chi connectivity index (χ0v) is 7.84. The van der Waals surface area contributed by atoms with Gasteiger partial charge in [-0.2, -0.15) is 5.26 Å². The predicted octanol–water partition coefficient (Wildman–Crippen LogP) is 2.29. The average molecular weight is 203 g/mol. The molecule has 0 atom stereocenters. The van der Waals surface area contributed by atoms with Crippen molar-refractivity contribution in [2.75, 3.05) is 0 Å². The maximum absolute atomic E-state index is 10.8. The van der Waals surface area contributed by atoms with Gasteiger partial charge in [-0.15, -0.1) is 0 Å². The van der Waals surface area contributed by atoms with E-state index < -0.39 is 0 Å². The Hall–Kier alpha value is -1.86. The third-order valence-electron chi connectivity index (χ3n) is 1.95. The van der Waals surface area contributed by atoms with Crippen LogP contribution >= 0.6 is 11.3 Å². The third-order valence-corrected chi connectivity index (χ3v) is 2.94. The van der Waals surface area contributed by atoms with E-state index in [0.29, 0.717) is 22.1 Å². The van der Waals surface area contributed by atoms with Crippen LogP contribution in [0, 0.1) is 11.3 Å². The van der Waals surface area contributed by atoms with Gasteiger partial charge in [-0.3, -0.25) is 4.79 Å². The van der Waals surface area contributed by atoms with Crippen LogP contribution in [-0.2, 0) is 0 Å². The number of rotatable bonds is 1. The highest BCUT2D eigenvalue weighted by Crippen LogP contribution is 2.33. The molecule has 0 spiro atoms. The summed E-state index contributed by atoms with van der Waals surface area (Å²) in [5.74, 6) is 0. The lowest BCUT2D eigenvalue weighted by Gasteiger charge is -1.95. The standard InChI is InChI=1S/C10H5NO2S/c11-4-7-2-1-6-3-9(13)14-10(6)8(7)5-12/h1-3,5,13H. The summed E-state index contributed by atoms with van der Waals surface area (Å²) in [6.45, 7) is 0. The van der Waals surface area contributed by atoms with Gasteiger partial charge in [-0.1, -0.05) is 17.4 Å². The number of thiophene rings is 1. The first-order valence-corrected chi connectivity index (χ1v) is 4.68. The highest BCUT2D eigenvalue weighted by Gasteiger charge is 2.09. The maximum Gasteiger partial charge on any atom is 0.172 e. The fraction of sp³-hybridized carbons (Fsp3) is 0. The summed E-state index contributed by atoms with van der Waals surface area (Å²) in [5.41, 5.74) is 0.699. The van der Waals surface area contributed by atoms with Gasteiger partial charge < -0.3 is 5.11 Å². The molecule has 0 unspecified atom stereocenters. The Kier molecular flexibility index (Phi) is 1.95. The monoisotopic (exact) mass is 203 g/mol. The largest absolute Gasteiger partial charge is 0.499 e. The van der Waals surface area contributed by atoms with E-state index in [0.717, 1.165) is 16.7 Å². The van der Waals surface area contributed by atoms with Gasteiger partial charge in [-0.05, 0) is 17.5 Å². The Bertz CT molecular complexity index is 551. The average Bonchev–Trinajstić information content (AvgIpc) is 2.56. The number of fused-ring (bicyclic) bond motifs is 1. The zero-order chi connectivity index (χ0) is 10.1. The first kappa shape index (κ1) is 8.73. The minimum absolute atomic E-state index is 0.151. The van der Waals surface area contributed by atoms with Gasteiger partial charge in [0.2, 0.25) is 0 Å². The van der Waals surface area contributed by atoms with E-state index in [1.165, 1.54) is 0 Å². The lowest BCUT2D eigenvalue weighted by Crippen LogP contribution is -1.86. The second-order valence-corrected chi connectivity index (χ2v) is 3.79. The normalized spacial score (nSPS) is 9.93. The van der Waals surface area contributed by atoms with Gasteiger partial charge in [0.05, 0.1) is 17.2 Å². The molecule has 2 rings (SSSR count). The number of carbonyl (C=O) groups is 1. The molecule has 1 heterocycles. The molecule has 0 aliphatic rings. The molecule has 68 valence electrons. The Labute approximate surface area is 83.8 Å². The molecule has 0 aliphatic heterocycles. The van der Waals surface area contributed by atoms with E-state index in [4.69, 9.17) is 5.26 Å². The van der Waals surface area contributed by atoms with Crippen molar-refractivity contribution >= 4 is 27.7 Å². The zero-order valence-electron chi connectivity index (χ0n) is 7.02. The molecular formula is C10H5NO2S. The van der Waals surface area contributed by atoms with Crippen molar-refractivity contribution in [1.82, 2.24) is 0 Å². The minimum Gasteiger partial charge on any atom is -0.499 e. The van der Waals surface area contributed by atoms with E-state index in [2.05, 4.69) is 0 Å². The molecule has 4 heteroatoms. The van der Waals surface area contributed by atoms with Gasteiger partial charge in [0.15, 0.2) is 11.3 Å². The van der Waals surface area contributed by atoms with E-state index in [1.54, 1.807) is 18.2 Å². The number of hydrogen-bond donors (Lipinski definition) is 1. The summed E-state index contributed by atoms with van der Waals surface area (Å²) in [4.78, 5) is 10.8. The second kappa shape index (κ2) is 3.13. The SMILES string of the molecule is N#Cc1ccc2cc(O)sc2c1C=O. The molecule has 0 bridgehead atoms. The summed E-state index contributed by atoms with van der Waals surface area (Å²) in [7, 11) is 0. The Morgan fingerprint density at radius 3 is 2.93 bits per heavy atom. The summed E-state index contributed by atoms with van der Waals surface area (Å²) in [5, 5.41) is 18.9. The Balaban J connectivity index is 2.91. The Morgan fingerprint density at radius 2 is 2.29 bits per heavy atom. The predicted molar refractivity (Wildman–Crippen MR) is 53.6 cm³/mol. The molecule has 0 saturated carbocycles. The summed E-state index contributed by atoms with van der Waals surface area (Å²) < 4.78 is 0.663. The first-order valence-electron chi connectivity index (χ1n) is 3.87. The molecule has 0 amide bonds. The van der Waals surface area contributed by atoms with Crippen molar-refractivity contribution in [1.29, 1.82) is 5.26 Å². The van der Waals surface area contributed by atoms with Gasteiger partial charge in [0.25, 0.3) is 0 Å². The number of aldehydes is 1. The molecular weight excluding hydrogens is 198 g/mol. The number of nitrogens with zero attached hydrogens (tertiary/aromatic N) is 1. The second-order valence-electron chi connectivity index (χ2n) is 2.76. The molecule has 1 N–H and O–H groups in total. The van der Waals surface area contributed by atoms with E-state index >= 15 is 0 Å². The van der Waals surface area contributed by atoms with Crippen molar-refractivity contribution in [3.63, 3.8) is 0 Å². The quantitative estimate of drug-likeness (QED) is 0.723. The Morgan fingerprint density at radius 1 is 1.50 bits per heavy atom. The highest BCUT2D eigenvalue weighted by atomic mass is 32.1. The molecule has 14 heavy (non-hydrogen) atoms. The van der Waals surface area contributed by atoms with E-state index in [1.807, 2.05) is 6.07 Å². The molecule has 1 aromatic carbocycles. The molecule has 2 aromatic rings. The number of aromatic hydroxyl groups is 1. The molecule has 0 fully saturated rings. The first-order chi connectivity index (χ1) is 6.76. The molecule has 1 aromatic heterocycles. The fourth-order valence-electron chi connectivity index (χ4n) is 1.33. The lowest BCUT2D eigenvalue weighted by atomic mass is 10.1. The third kappa shape index (κ3) is 1.15. The number of nitriles is 1. The minimum atomic E-state index is 0.151. The van der Waals surface area contributed by atoms with Crippen LogP contribution in [-0.4, -0.2) is 11.4 Å². The smallest absolute Gasteiger partial charge is 0.172 e. The molecule has 0 saturated heterocycles. The number of benzene rings is 1. The molecule has 0 aliphatic carbocycles. The van der Waals surface area contributed by atoms with Crippen molar-refractivity contribution in [2.45, 2.75) is 0 Å². The van der Waals surface area contributed by atoms with Crippen LogP contribution in [0.15, 0.2) is 18.2 Å². The van der Waals surface area contributed by atoms with Crippen molar-refractivity contribution < 1.29 is 9.90 Å². The van der Waals surface area contributed by atoms with Crippen LogP contribution in [0.25, 0.3) is 10.1 Å². The lowest BCUT2D eigenvalue weighted by molar-refractivity contribution is 0.112. The summed E-state index contributed by atoms with van der Waals surface area (Å²) in [6, 6.07) is 6.82. The van der Waals surface area contributed by atoms with E-state index in [9.17, 15) is 9.90 Å². The summed E-state index contributed by atoms with van der Waals surface area (Å²) in [6.07, 6.45) is 0.650. The van der Waals surface area contributed by atoms with Crippen LogP contribution in [0.2, 0.25) is 0 Å². The maximum atomic E-state index is 10.8. The topological polar surface area (TPSA) is 61.1 Å².